The van der Waals surface area contributed by atoms with Gasteiger partial charge < -0.3 is 0 Å². The molecule has 0 bridgehead atoms. The molecule has 5 heteroatoms. The third-order valence-corrected chi connectivity index (χ3v) is 2.82. The molecule has 86 valence electrons. The van der Waals surface area contributed by atoms with Crippen LogP contribution in [0.5, 0.6) is 0 Å². The maximum Gasteiger partial charge on any atom is 0.325 e. The Morgan fingerprint density at radius 3 is 2.75 bits per heavy atom. The monoisotopic (exact) mass is 239 g/mol. The number of benzene rings is 1. The molecule has 2 rings (SSSR count). The van der Waals surface area contributed by atoms with Gasteiger partial charge >= 0.3 is 10.1 Å². The van der Waals surface area contributed by atoms with Gasteiger partial charge in [0.1, 0.15) is 0 Å². The molecular formula is C11H13NO3S. The van der Waals surface area contributed by atoms with E-state index >= 15 is 0 Å². The summed E-state index contributed by atoms with van der Waals surface area (Å²) in [5.41, 5.74) is 2.91. The van der Waals surface area contributed by atoms with Gasteiger partial charge in [-0.15, -0.1) is 0 Å². The van der Waals surface area contributed by atoms with Crippen LogP contribution in [0.25, 0.3) is 0 Å². The minimum absolute atomic E-state index is 0.715. The van der Waals surface area contributed by atoms with Crippen molar-refractivity contribution >= 4 is 15.8 Å². The van der Waals surface area contributed by atoms with Gasteiger partial charge in [-0.05, 0) is 24.8 Å². The second kappa shape index (κ2) is 4.25. The van der Waals surface area contributed by atoms with Crippen LogP contribution in [0.15, 0.2) is 29.4 Å². The van der Waals surface area contributed by atoms with Crippen molar-refractivity contribution in [3.05, 3.63) is 35.4 Å². The van der Waals surface area contributed by atoms with Crippen LogP contribution < -0.4 is 0 Å². The van der Waals surface area contributed by atoms with E-state index in [2.05, 4.69) is 9.44 Å². The highest BCUT2D eigenvalue weighted by atomic mass is 32.2. The van der Waals surface area contributed by atoms with Crippen molar-refractivity contribution in [1.82, 2.24) is 0 Å². The van der Waals surface area contributed by atoms with Crippen LogP contribution in [0.4, 0.5) is 0 Å². The normalized spacial score (nSPS) is 18.2. The average Bonchev–Trinajstić information content (AvgIpc) is 2.25. The second-order valence-electron chi connectivity index (χ2n) is 3.83. The third-order valence-electron chi connectivity index (χ3n) is 2.47. The first-order valence-electron chi connectivity index (χ1n) is 5.10. The Hall–Kier alpha value is -1.36. The maximum absolute atomic E-state index is 10.9. The van der Waals surface area contributed by atoms with Crippen molar-refractivity contribution in [3.63, 3.8) is 0 Å². The number of nitrogens with zero attached hydrogens (tertiary/aromatic N) is 1. The summed E-state index contributed by atoms with van der Waals surface area (Å²) in [5.74, 6) is 0. The molecule has 1 aliphatic rings. The summed E-state index contributed by atoms with van der Waals surface area (Å²) in [5, 5.41) is 3.72. The Kier molecular flexibility index (Phi) is 2.96. The summed E-state index contributed by atoms with van der Waals surface area (Å²) in [6.07, 6.45) is 3.73. The molecule has 0 atom stereocenters. The topological polar surface area (TPSA) is 55.7 Å². The molecule has 0 N–H and O–H groups in total. The SMILES string of the molecule is CS(=O)(=O)ON=C1CCCc2ccccc21. The quantitative estimate of drug-likeness (QED) is 0.738. The lowest BCUT2D eigenvalue weighted by Gasteiger charge is -2.16. The van der Waals surface area contributed by atoms with Gasteiger partial charge in [-0.2, -0.15) is 8.42 Å². The van der Waals surface area contributed by atoms with Crippen LogP contribution in [-0.4, -0.2) is 20.4 Å². The van der Waals surface area contributed by atoms with Gasteiger partial charge in [0.05, 0.1) is 12.0 Å². The molecule has 0 radical (unpaired) electrons. The van der Waals surface area contributed by atoms with Crippen molar-refractivity contribution in [2.75, 3.05) is 6.26 Å². The molecule has 0 spiro atoms. The number of fused-ring (bicyclic) bond motifs is 1. The van der Waals surface area contributed by atoms with Crippen LogP contribution in [0.3, 0.4) is 0 Å². The van der Waals surface area contributed by atoms with Crippen molar-refractivity contribution in [1.29, 1.82) is 0 Å². The molecule has 0 aliphatic heterocycles. The Morgan fingerprint density at radius 1 is 1.25 bits per heavy atom. The minimum Gasteiger partial charge on any atom is -0.268 e. The zero-order chi connectivity index (χ0) is 11.6. The number of oxime groups is 1. The van der Waals surface area contributed by atoms with E-state index in [1.165, 1.54) is 5.56 Å². The van der Waals surface area contributed by atoms with E-state index in [1.807, 2.05) is 24.3 Å². The lowest BCUT2D eigenvalue weighted by atomic mass is 9.90. The van der Waals surface area contributed by atoms with Gasteiger partial charge in [0.25, 0.3) is 0 Å². The summed E-state index contributed by atoms with van der Waals surface area (Å²) < 4.78 is 26.2. The van der Waals surface area contributed by atoms with Gasteiger partial charge in [0.15, 0.2) is 0 Å². The van der Waals surface area contributed by atoms with Gasteiger partial charge in [-0.1, -0.05) is 29.4 Å². The Balaban J connectivity index is 2.32. The van der Waals surface area contributed by atoms with E-state index < -0.39 is 10.1 Å². The van der Waals surface area contributed by atoms with Crippen LogP contribution in [-0.2, 0) is 20.8 Å². The van der Waals surface area contributed by atoms with E-state index in [4.69, 9.17) is 0 Å². The van der Waals surface area contributed by atoms with Gasteiger partial charge in [0.2, 0.25) is 0 Å². The summed E-state index contributed by atoms with van der Waals surface area (Å²) in [7, 11) is -3.51. The van der Waals surface area contributed by atoms with Gasteiger partial charge in [-0.25, -0.2) is 0 Å². The molecule has 0 saturated carbocycles. The van der Waals surface area contributed by atoms with Gasteiger partial charge in [-0.3, -0.25) is 4.28 Å². The van der Waals surface area contributed by atoms with Crippen LogP contribution in [0.1, 0.15) is 24.0 Å². The lowest BCUT2D eigenvalue weighted by molar-refractivity contribution is 0.341. The summed E-state index contributed by atoms with van der Waals surface area (Å²) in [4.78, 5) is 0. The lowest BCUT2D eigenvalue weighted by Crippen LogP contribution is -2.13. The first kappa shape index (κ1) is 11.1. The van der Waals surface area contributed by atoms with Crippen LogP contribution >= 0.6 is 0 Å². The standard InChI is InChI=1S/C11H13NO3S/c1-16(13,14)15-12-11-8-4-6-9-5-2-3-7-10(9)11/h2-3,5,7H,4,6,8H2,1H3. The molecule has 0 unspecified atom stereocenters. The molecule has 16 heavy (non-hydrogen) atoms. The fraction of sp³-hybridized carbons (Fsp3) is 0.364. The number of rotatable bonds is 2. The molecule has 0 saturated heterocycles. The van der Waals surface area contributed by atoms with E-state index in [1.54, 1.807) is 0 Å². The molecule has 1 aromatic carbocycles. The predicted octanol–water partition coefficient (Wildman–Crippen LogP) is 1.70. The average molecular weight is 239 g/mol. The largest absolute Gasteiger partial charge is 0.325 e. The van der Waals surface area contributed by atoms with Crippen molar-refractivity contribution in [3.8, 4) is 0 Å². The van der Waals surface area contributed by atoms with Crippen molar-refractivity contribution in [2.45, 2.75) is 19.3 Å². The summed E-state index contributed by atoms with van der Waals surface area (Å²) in [6.45, 7) is 0. The van der Waals surface area contributed by atoms with E-state index in [0.717, 1.165) is 31.1 Å². The van der Waals surface area contributed by atoms with E-state index in [9.17, 15) is 8.42 Å². The van der Waals surface area contributed by atoms with E-state index in [0.29, 0.717) is 5.71 Å². The fourth-order valence-electron chi connectivity index (χ4n) is 1.81. The molecule has 4 nitrogen and oxygen atoms in total. The van der Waals surface area contributed by atoms with Crippen molar-refractivity contribution in [2.24, 2.45) is 5.16 Å². The first-order valence-corrected chi connectivity index (χ1v) is 6.92. The molecule has 1 aliphatic carbocycles. The smallest absolute Gasteiger partial charge is 0.268 e. The molecule has 0 heterocycles. The third kappa shape index (κ3) is 2.61. The van der Waals surface area contributed by atoms with Crippen molar-refractivity contribution < 1.29 is 12.7 Å². The Bertz CT molecular complexity index is 520. The van der Waals surface area contributed by atoms with E-state index in [-0.39, 0.29) is 0 Å². The van der Waals surface area contributed by atoms with Crippen LogP contribution in [0, 0.1) is 0 Å². The zero-order valence-electron chi connectivity index (χ0n) is 9.01. The molecule has 1 aromatic rings. The first-order chi connectivity index (χ1) is 7.56. The zero-order valence-corrected chi connectivity index (χ0v) is 9.83. The highest BCUT2D eigenvalue weighted by Gasteiger charge is 2.15. The molecule has 0 fully saturated rings. The highest BCUT2D eigenvalue weighted by Crippen LogP contribution is 2.21. The predicted molar refractivity (Wildman–Crippen MR) is 61.8 cm³/mol. The summed E-state index contributed by atoms with van der Waals surface area (Å²) in [6, 6.07) is 7.86. The minimum atomic E-state index is -3.51. The second-order valence-corrected chi connectivity index (χ2v) is 5.38. The van der Waals surface area contributed by atoms with Gasteiger partial charge in [0, 0.05) is 5.56 Å². The fourth-order valence-corrected chi connectivity index (χ4v) is 2.03. The molecule has 0 aromatic heterocycles. The molecule has 0 amide bonds. The highest BCUT2D eigenvalue weighted by molar-refractivity contribution is 7.85. The Labute approximate surface area is 95.0 Å². The number of hydrogen-bond donors (Lipinski definition) is 0. The molecular weight excluding hydrogens is 226 g/mol. The number of aryl methyl sites for hydroxylation is 1. The summed E-state index contributed by atoms with van der Waals surface area (Å²) >= 11 is 0. The van der Waals surface area contributed by atoms with Crippen LogP contribution in [0.2, 0.25) is 0 Å². The number of hydrogen-bond acceptors (Lipinski definition) is 4. The maximum atomic E-state index is 10.9. The Morgan fingerprint density at radius 2 is 2.00 bits per heavy atom.